The number of nitrogens with zero attached hydrogens (tertiary/aromatic N) is 2. The SMILES string of the molecule is COC(=O)[C@H](NCc1nnc(C)o1)c1ccc(Cl)cc1Cl. The first kappa shape index (κ1) is 15.8. The maximum absolute atomic E-state index is 11.9. The van der Waals surface area contributed by atoms with Gasteiger partial charge < -0.3 is 9.15 Å². The lowest BCUT2D eigenvalue weighted by molar-refractivity contribution is -0.143. The van der Waals surface area contributed by atoms with E-state index in [1.165, 1.54) is 7.11 Å². The number of aryl methyl sites for hydroxylation is 1. The minimum absolute atomic E-state index is 0.208. The zero-order chi connectivity index (χ0) is 15.4. The van der Waals surface area contributed by atoms with Crippen LogP contribution in [-0.4, -0.2) is 23.3 Å². The third-order valence-electron chi connectivity index (χ3n) is 2.74. The highest BCUT2D eigenvalue weighted by Gasteiger charge is 2.24. The van der Waals surface area contributed by atoms with E-state index in [0.29, 0.717) is 27.4 Å². The van der Waals surface area contributed by atoms with E-state index in [-0.39, 0.29) is 6.54 Å². The third kappa shape index (κ3) is 3.93. The molecular weight excluding hydrogens is 317 g/mol. The first-order chi connectivity index (χ1) is 10.0. The second-order valence-corrected chi connectivity index (χ2v) is 5.06. The highest BCUT2D eigenvalue weighted by atomic mass is 35.5. The minimum Gasteiger partial charge on any atom is -0.468 e. The summed E-state index contributed by atoms with van der Waals surface area (Å²) in [4.78, 5) is 11.9. The molecule has 6 nitrogen and oxygen atoms in total. The second kappa shape index (κ2) is 6.89. The highest BCUT2D eigenvalue weighted by Crippen LogP contribution is 2.27. The molecule has 1 atom stereocenters. The van der Waals surface area contributed by atoms with Crippen molar-refractivity contribution in [3.8, 4) is 0 Å². The molecule has 1 aromatic heterocycles. The second-order valence-electron chi connectivity index (χ2n) is 4.22. The van der Waals surface area contributed by atoms with Crippen molar-refractivity contribution >= 4 is 29.2 Å². The maximum Gasteiger partial charge on any atom is 0.327 e. The van der Waals surface area contributed by atoms with Crippen LogP contribution in [0.4, 0.5) is 0 Å². The van der Waals surface area contributed by atoms with Crippen LogP contribution >= 0.6 is 23.2 Å². The largest absolute Gasteiger partial charge is 0.468 e. The van der Waals surface area contributed by atoms with Crippen molar-refractivity contribution in [2.75, 3.05) is 7.11 Å². The lowest BCUT2D eigenvalue weighted by Crippen LogP contribution is -2.29. The zero-order valence-electron chi connectivity index (χ0n) is 11.4. The molecule has 0 aliphatic heterocycles. The number of benzene rings is 1. The topological polar surface area (TPSA) is 77.2 Å². The molecule has 1 N–H and O–H groups in total. The van der Waals surface area contributed by atoms with Crippen LogP contribution in [0.5, 0.6) is 0 Å². The number of nitrogens with one attached hydrogen (secondary N) is 1. The van der Waals surface area contributed by atoms with E-state index in [9.17, 15) is 4.79 Å². The molecule has 2 rings (SSSR count). The van der Waals surface area contributed by atoms with Crippen LogP contribution in [0.1, 0.15) is 23.4 Å². The quantitative estimate of drug-likeness (QED) is 0.850. The number of hydrogen-bond acceptors (Lipinski definition) is 6. The Morgan fingerprint density at radius 1 is 1.43 bits per heavy atom. The van der Waals surface area contributed by atoms with E-state index in [1.54, 1.807) is 25.1 Å². The summed E-state index contributed by atoms with van der Waals surface area (Å²) in [6.45, 7) is 1.89. The summed E-state index contributed by atoms with van der Waals surface area (Å²) in [6.07, 6.45) is 0. The van der Waals surface area contributed by atoms with Gasteiger partial charge in [-0.2, -0.15) is 0 Å². The van der Waals surface area contributed by atoms with Gasteiger partial charge in [0.25, 0.3) is 0 Å². The van der Waals surface area contributed by atoms with Crippen molar-refractivity contribution < 1.29 is 13.9 Å². The first-order valence-electron chi connectivity index (χ1n) is 6.06. The standard InChI is InChI=1S/C13H13Cl2N3O3/c1-7-17-18-11(21-7)6-16-12(13(19)20-2)9-4-3-8(14)5-10(9)15/h3-5,12,16H,6H2,1-2H3/t12-/m1/s1. The average molecular weight is 330 g/mol. The summed E-state index contributed by atoms with van der Waals surface area (Å²) in [5.74, 6) is 0.341. The Balaban J connectivity index is 2.20. The van der Waals surface area contributed by atoms with E-state index in [0.717, 1.165) is 0 Å². The number of ether oxygens (including phenoxy) is 1. The van der Waals surface area contributed by atoms with Gasteiger partial charge in [-0.3, -0.25) is 5.32 Å². The van der Waals surface area contributed by atoms with E-state index in [2.05, 4.69) is 15.5 Å². The van der Waals surface area contributed by atoms with Crippen molar-refractivity contribution in [3.63, 3.8) is 0 Å². The Labute approximate surface area is 131 Å². The van der Waals surface area contributed by atoms with E-state index < -0.39 is 12.0 Å². The molecule has 0 saturated carbocycles. The first-order valence-corrected chi connectivity index (χ1v) is 6.82. The molecule has 0 aliphatic carbocycles. The number of aromatic nitrogens is 2. The van der Waals surface area contributed by atoms with Gasteiger partial charge in [-0.1, -0.05) is 29.3 Å². The number of carbonyl (C=O) groups is 1. The number of hydrogen-bond donors (Lipinski definition) is 1. The molecular formula is C13H13Cl2N3O3. The molecule has 0 aliphatic rings. The fourth-order valence-electron chi connectivity index (χ4n) is 1.77. The number of carbonyl (C=O) groups excluding carboxylic acids is 1. The van der Waals surface area contributed by atoms with Gasteiger partial charge in [-0.15, -0.1) is 10.2 Å². The minimum atomic E-state index is -0.757. The summed E-state index contributed by atoms with van der Waals surface area (Å²) < 4.78 is 10.0. The van der Waals surface area contributed by atoms with Gasteiger partial charge in [0.1, 0.15) is 6.04 Å². The molecule has 2 aromatic rings. The molecule has 0 fully saturated rings. The van der Waals surface area contributed by atoms with Gasteiger partial charge in [-0.05, 0) is 17.7 Å². The van der Waals surface area contributed by atoms with E-state index in [4.69, 9.17) is 32.4 Å². The van der Waals surface area contributed by atoms with Crippen LogP contribution in [0.25, 0.3) is 0 Å². The summed E-state index contributed by atoms with van der Waals surface area (Å²) in [5.41, 5.74) is 0.559. The highest BCUT2D eigenvalue weighted by molar-refractivity contribution is 6.35. The van der Waals surface area contributed by atoms with Crippen molar-refractivity contribution in [1.29, 1.82) is 0 Å². The lowest BCUT2D eigenvalue weighted by atomic mass is 10.1. The molecule has 0 unspecified atom stereocenters. The predicted octanol–water partition coefficient (Wildman–Crippen LogP) is 2.69. The Kier molecular flexibility index (Phi) is 5.17. The van der Waals surface area contributed by atoms with Gasteiger partial charge in [0, 0.05) is 17.0 Å². The molecule has 0 bridgehead atoms. The Bertz CT molecular complexity index is 645. The van der Waals surface area contributed by atoms with Crippen LogP contribution in [0.2, 0.25) is 10.0 Å². The maximum atomic E-state index is 11.9. The smallest absolute Gasteiger partial charge is 0.327 e. The molecule has 0 spiro atoms. The Hall–Kier alpha value is -1.63. The van der Waals surface area contributed by atoms with Crippen molar-refractivity contribution in [2.24, 2.45) is 0 Å². The van der Waals surface area contributed by atoms with Gasteiger partial charge in [0.15, 0.2) is 0 Å². The molecule has 1 aromatic carbocycles. The molecule has 0 amide bonds. The van der Waals surface area contributed by atoms with Crippen molar-refractivity contribution in [3.05, 3.63) is 45.6 Å². The summed E-state index contributed by atoms with van der Waals surface area (Å²) in [5, 5.41) is 11.4. The van der Waals surface area contributed by atoms with Crippen LogP contribution < -0.4 is 5.32 Å². The van der Waals surface area contributed by atoms with Gasteiger partial charge >= 0.3 is 5.97 Å². The van der Waals surface area contributed by atoms with Crippen LogP contribution in [0.15, 0.2) is 22.6 Å². The normalized spacial score (nSPS) is 12.2. The fourth-order valence-corrected chi connectivity index (χ4v) is 2.29. The molecule has 112 valence electrons. The number of esters is 1. The molecule has 0 saturated heterocycles. The Morgan fingerprint density at radius 2 is 2.19 bits per heavy atom. The summed E-state index contributed by atoms with van der Waals surface area (Å²) in [7, 11) is 1.30. The monoisotopic (exact) mass is 329 g/mol. The Morgan fingerprint density at radius 3 is 2.76 bits per heavy atom. The average Bonchev–Trinajstić information content (AvgIpc) is 2.86. The van der Waals surface area contributed by atoms with E-state index >= 15 is 0 Å². The van der Waals surface area contributed by atoms with Crippen LogP contribution in [-0.2, 0) is 16.1 Å². The molecule has 1 heterocycles. The lowest BCUT2D eigenvalue weighted by Gasteiger charge is -2.17. The third-order valence-corrected chi connectivity index (χ3v) is 3.30. The number of rotatable bonds is 5. The number of methoxy groups -OCH3 is 1. The zero-order valence-corrected chi connectivity index (χ0v) is 12.9. The van der Waals surface area contributed by atoms with Crippen LogP contribution in [0, 0.1) is 6.92 Å². The summed E-state index contributed by atoms with van der Waals surface area (Å²) in [6, 6.07) is 4.12. The van der Waals surface area contributed by atoms with E-state index in [1.807, 2.05) is 0 Å². The fraction of sp³-hybridized carbons (Fsp3) is 0.308. The molecule has 8 heteroatoms. The summed E-state index contributed by atoms with van der Waals surface area (Å²) >= 11 is 12.0. The molecule has 21 heavy (non-hydrogen) atoms. The molecule has 0 radical (unpaired) electrons. The van der Waals surface area contributed by atoms with Crippen molar-refractivity contribution in [2.45, 2.75) is 19.5 Å². The number of halogens is 2. The van der Waals surface area contributed by atoms with Gasteiger partial charge in [0.05, 0.1) is 13.7 Å². The van der Waals surface area contributed by atoms with Crippen LogP contribution in [0.3, 0.4) is 0 Å². The van der Waals surface area contributed by atoms with Crippen molar-refractivity contribution in [1.82, 2.24) is 15.5 Å². The predicted molar refractivity (Wildman–Crippen MR) is 77.1 cm³/mol. The van der Waals surface area contributed by atoms with Gasteiger partial charge in [0.2, 0.25) is 11.8 Å². The van der Waals surface area contributed by atoms with Gasteiger partial charge in [-0.25, -0.2) is 4.79 Å².